The Morgan fingerprint density at radius 3 is 2.08 bits per heavy atom. The number of carbonyl (C=O) groups excluding carboxylic acids is 2. The summed E-state index contributed by atoms with van der Waals surface area (Å²) in [4.78, 5) is 25.9. The highest BCUT2D eigenvalue weighted by molar-refractivity contribution is 7.91. The molecule has 39 heavy (non-hydrogen) atoms. The van der Waals surface area contributed by atoms with E-state index in [2.05, 4.69) is 11.9 Å². The number of hydrogen-bond acceptors (Lipinski definition) is 9. The number of rotatable bonds is 9. The van der Waals surface area contributed by atoms with Crippen molar-refractivity contribution in [3.63, 3.8) is 0 Å². The molecule has 0 atom stereocenters. The van der Waals surface area contributed by atoms with Crippen LogP contribution < -0.4 is 11.1 Å². The zero-order chi connectivity index (χ0) is 28.8. The predicted molar refractivity (Wildman–Crippen MR) is 146 cm³/mol. The third-order valence-electron chi connectivity index (χ3n) is 6.29. The van der Waals surface area contributed by atoms with Crippen LogP contribution in [0.25, 0.3) is 0 Å². The van der Waals surface area contributed by atoms with Gasteiger partial charge in [-0.05, 0) is 32.0 Å². The van der Waals surface area contributed by atoms with E-state index >= 15 is 0 Å². The zero-order valence-electron chi connectivity index (χ0n) is 21.1. The molecule has 0 saturated carbocycles. The lowest BCUT2D eigenvalue weighted by molar-refractivity contribution is 0.0300. The fraction of sp³-hybridized carbons (Fsp3) is 0.185. The van der Waals surface area contributed by atoms with Crippen LogP contribution >= 0.6 is 0 Å². The Labute approximate surface area is 226 Å². The molecule has 0 radical (unpaired) electrons. The topological polar surface area (TPSA) is 170 Å². The third kappa shape index (κ3) is 5.36. The molecule has 0 aliphatic heterocycles. The minimum atomic E-state index is -4.94. The number of hydrogen-bond donors (Lipinski definition) is 3. The van der Waals surface area contributed by atoms with Crippen LogP contribution in [0.1, 0.15) is 45.7 Å². The maximum atomic E-state index is 13.5. The standard InChI is InChI=1S/C27H26N2O8S2/c1-4-27(2,3)37-13-14-38(32,33)20-12-8-7-11-18(20)29-19-15-21(39(34,35)36)24(28)23-22(19)25(30)16-9-5-6-10-17(16)26(23)31/h4-12,15,29H,1,13-14,28H2,2-3H3,(H,34,35,36). The van der Waals surface area contributed by atoms with Crippen LogP contribution in [0.5, 0.6) is 0 Å². The summed E-state index contributed by atoms with van der Waals surface area (Å²) < 4.78 is 66.2. The molecule has 0 fully saturated rings. The lowest BCUT2D eigenvalue weighted by Gasteiger charge is -2.24. The molecule has 1 aliphatic rings. The molecular formula is C27H26N2O8S2. The van der Waals surface area contributed by atoms with E-state index in [9.17, 15) is 31.0 Å². The maximum Gasteiger partial charge on any atom is 0.296 e. The number of sulfone groups is 1. The predicted octanol–water partition coefficient (Wildman–Crippen LogP) is 3.79. The Hall–Kier alpha value is -3.84. The highest BCUT2D eigenvalue weighted by Crippen LogP contribution is 2.40. The van der Waals surface area contributed by atoms with Gasteiger partial charge in [-0.3, -0.25) is 14.1 Å². The van der Waals surface area contributed by atoms with Crippen LogP contribution in [0, 0.1) is 0 Å². The summed E-state index contributed by atoms with van der Waals surface area (Å²) in [5.74, 6) is -1.73. The van der Waals surface area contributed by atoms with E-state index in [4.69, 9.17) is 10.5 Å². The average molecular weight is 571 g/mol. The van der Waals surface area contributed by atoms with Crippen molar-refractivity contribution in [1.29, 1.82) is 0 Å². The minimum absolute atomic E-state index is 0.00727. The van der Waals surface area contributed by atoms with Crippen LogP contribution in [0.4, 0.5) is 17.1 Å². The lowest BCUT2D eigenvalue weighted by atomic mass is 9.82. The molecule has 4 N–H and O–H groups in total. The van der Waals surface area contributed by atoms with E-state index < -0.39 is 53.3 Å². The highest BCUT2D eigenvalue weighted by atomic mass is 32.2. The van der Waals surface area contributed by atoms with Crippen LogP contribution in [0.15, 0.2) is 77.0 Å². The quantitative estimate of drug-likeness (QED) is 0.153. The SMILES string of the molecule is C=CC(C)(C)OCCS(=O)(=O)c1ccccc1Nc1cc(S(=O)(=O)O)c(N)c2c1C(=O)c1ccccc1C2=O. The van der Waals surface area contributed by atoms with Gasteiger partial charge < -0.3 is 15.8 Å². The number of anilines is 3. The summed E-state index contributed by atoms with van der Waals surface area (Å²) in [5, 5.41) is 2.81. The Kier molecular flexibility index (Phi) is 7.25. The first-order valence-corrected chi connectivity index (χ1v) is 14.8. The van der Waals surface area contributed by atoms with Crippen LogP contribution in [-0.4, -0.2) is 50.9 Å². The van der Waals surface area contributed by atoms with Crippen LogP contribution in [-0.2, 0) is 24.7 Å². The maximum absolute atomic E-state index is 13.5. The fourth-order valence-electron chi connectivity index (χ4n) is 4.18. The van der Waals surface area contributed by atoms with Gasteiger partial charge >= 0.3 is 0 Å². The summed E-state index contributed by atoms with van der Waals surface area (Å²) in [6.07, 6.45) is 1.54. The van der Waals surface area contributed by atoms with E-state index in [0.717, 1.165) is 6.07 Å². The summed E-state index contributed by atoms with van der Waals surface area (Å²) in [7, 11) is -8.89. The number of ether oxygens (including phenoxy) is 1. The van der Waals surface area contributed by atoms with E-state index in [1.807, 2.05) is 0 Å². The van der Waals surface area contributed by atoms with Gasteiger partial charge in [0.15, 0.2) is 21.4 Å². The van der Waals surface area contributed by atoms with Gasteiger partial charge in [-0.25, -0.2) is 8.42 Å². The molecule has 4 rings (SSSR count). The monoisotopic (exact) mass is 570 g/mol. The van der Waals surface area contributed by atoms with E-state index in [1.54, 1.807) is 26.0 Å². The van der Waals surface area contributed by atoms with Crippen molar-refractivity contribution in [2.45, 2.75) is 29.2 Å². The Morgan fingerprint density at radius 2 is 1.49 bits per heavy atom. The lowest BCUT2D eigenvalue weighted by Crippen LogP contribution is -2.26. The molecule has 3 aromatic carbocycles. The second-order valence-corrected chi connectivity index (χ2v) is 12.8. The number of nitrogen functional groups attached to an aromatic ring is 1. The Balaban J connectivity index is 1.85. The van der Waals surface area contributed by atoms with Gasteiger partial charge in [0, 0.05) is 11.1 Å². The van der Waals surface area contributed by atoms with Gasteiger partial charge in [0.05, 0.1) is 51.0 Å². The van der Waals surface area contributed by atoms with Gasteiger partial charge in [-0.2, -0.15) is 8.42 Å². The van der Waals surface area contributed by atoms with Crippen molar-refractivity contribution < 1.29 is 35.7 Å². The summed E-state index contributed by atoms with van der Waals surface area (Å²) in [6.45, 7) is 6.98. The van der Waals surface area contributed by atoms with E-state index in [0.29, 0.717) is 0 Å². The van der Waals surface area contributed by atoms with Gasteiger partial charge in [0.1, 0.15) is 4.90 Å². The largest absolute Gasteiger partial charge is 0.397 e. The first-order valence-electron chi connectivity index (χ1n) is 11.7. The minimum Gasteiger partial charge on any atom is -0.397 e. The number of ketones is 2. The van der Waals surface area contributed by atoms with Crippen LogP contribution in [0.2, 0.25) is 0 Å². The van der Waals surface area contributed by atoms with Gasteiger partial charge in [0.25, 0.3) is 10.1 Å². The number of nitrogens with one attached hydrogen (secondary N) is 1. The van der Waals surface area contributed by atoms with Crippen molar-refractivity contribution in [2.75, 3.05) is 23.4 Å². The molecule has 0 heterocycles. The molecule has 0 saturated heterocycles. The smallest absolute Gasteiger partial charge is 0.296 e. The molecule has 0 spiro atoms. The molecule has 10 nitrogen and oxygen atoms in total. The van der Waals surface area contributed by atoms with Crippen molar-refractivity contribution in [3.05, 3.63) is 89.5 Å². The molecule has 1 aliphatic carbocycles. The fourth-order valence-corrected chi connectivity index (χ4v) is 6.08. The molecule has 0 bridgehead atoms. The molecule has 0 amide bonds. The summed E-state index contributed by atoms with van der Waals surface area (Å²) in [5.41, 5.74) is 3.90. The van der Waals surface area contributed by atoms with Crippen molar-refractivity contribution in [3.8, 4) is 0 Å². The highest BCUT2D eigenvalue weighted by Gasteiger charge is 2.36. The summed E-state index contributed by atoms with van der Waals surface area (Å²) in [6, 6.07) is 12.6. The zero-order valence-corrected chi connectivity index (χ0v) is 22.7. The number of nitrogens with two attached hydrogens (primary N) is 1. The summed E-state index contributed by atoms with van der Waals surface area (Å²) >= 11 is 0. The van der Waals surface area contributed by atoms with E-state index in [1.165, 1.54) is 42.5 Å². The van der Waals surface area contributed by atoms with Gasteiger partial charge in [-0.15, -0.1) is 6.58 Å². The van der Waals surface area contributed by atoms with E-state index in [-0.39, 0.29) is 45.3 Å². The van der Waals surface area contributed by atoms with Gasteiger partial charge in [-0.1, -0.05) is 42.5 Å². The number of para-hydroxylation sites is 1. The molecular weight excluding hydrogens is 544 g/mol. The molecule has 3 aromatic rings. The number of carbonyl (C=O) groups is 2. The van der Waals surface area contributed by atoms with Crippen molar-refractivity contribution >= 4 is 48.6 Å². The third-order valence-corrected chi connectivity index (χ3v) is 8.91. The molecule has 0 unspecified atom stereocenters. The molecule has 12 heteroatoms. The van der Waals surface area contributed by atoms with Crippen LogP contribution in [0.3, 0.4) is 0 Å². The van der Waals surface area contributed by atoms with Gasteiger partial charge in [0.2, 0.25) is 0 Å². The molecule has 204 valence electrons. The van der Waals surface area contributed by atoms with Crippen molar-refractivity contribution in [2.24, 2.45) is 0 Å². The number of fused-ring (bicyclic) bond motifs is 2. The average Bonchev–Trinajstić information content (AvgIpc) is 2.87. The number of benzene rings is 3. The first kappa shape index (κ1) is 28.2. The first-order chi connectivity index (χ1) is 18.2. The second-order valence-electron chi connectivity index (χ2n) is 9.36. The second kappa shape index (κ2) is 10.0. The normalized spacial score (nSPS) is 13.5. The van der Waals surface area contributed by atoms with Crippen molar-refractivity contribution in [1.82, 2.24) is 0 Å². The Bertz CT molecular complexity index is 1740. The Morgan fingerprint density at radius 1 is 0.923 bits per heavy atom. The molecule has 0 aromatic heterocycles.